The van der Waals surface area contributed by atoms with Crippen LogP contribution in [0.3, 0.4) is 0 Å². The molecule has 0 heterocycles. The van der Waals surface area contributed by atoms with E-state index < -0.39 is 0 Å². The van der Waals surface area contributed by atoms with Crippen LogP contribution in [0, 0.1) is 22.2 Å². The van der Waals surface area contributed by atoms with Gasteiger partial charge in [-0.15, -0.1) is 0 Å². The summed E-state index contributed by atoms with van der Waals surface area (Å²) in [5, 5.41) is 0. The number of hydrogen-bond acceptors (Lipinski definition) is 1. The maximum absolute atomic E-state index is 12.5. The Morgan fingerprint density at radius 1 is 0.800 bits per heavy atom. The fourth-order valence-corrected chi connectivity index (χ4v) is 2.44. The Labute approximate surface area is 95.6 Å². The summed E-state index contributed by atoms with van der Waals surface area (Å²) < 4.78 is 0. The molecule has 0 spiro atoms. The largest absolute Gasteiger partial charge is 0.299 e. The second kappa shape index (κ2) is 3.92. The smallest absolute Gasteiger partial charge is 0.142 e. The Kier molecular flexibility index (Phi) is 3.83. The normalized spacial score (nSPS) is 14.5. The van der Waals surface area contributed by atoms with Gasteiger partial charge in [-0.05, 0) is 10.8 Å². The zero-order chi connectivity index (χ0) is 12.7. The van der Waals surface area contributed by atoms with Crippen molar-refractivity contribution in [1.29, 1.82) is 0 Å². The molecule has 0 aromatic heterocycles. The molecule has 0 aromatic carbocycles. The van der Waals surface area contributed by atoms with E-state index >= 15 is 0 Å². The fraction of sp³-hybridized carbons (Fsp3) is 0.929. The molecule has 1 nitrogen and oxygen atoms in total. The molecule has 0 bridgehead atoms. The highest BCUT2D eigenvalue weighted by atomic mass is 16.1. The maximum Gasteiger partial charge on any atom is 0.142 e. The summed E-state index contributed by atoms with van der Waals surface area (Å²) in [6.45, 7) is 19.1. The van der Waals surface area contributed by atoms with Gasteiger partial charge in [-0.3, -0.25) is 4.79 Å². The molecule has 0 saturated heterocycles. The van der Waals surface area contributed by atoms with Crippen molar-refractivity contribution in [3.05, 3.63) is 0 Å². The minimum atomic E-state index is -0.284. The van der Waals surface area contributed by atoms with E-state index in [-0.39, 0.29) is 22.2 Å². The van der Waals surface area contributed by atoms with E-state index in [1.807, 2.05) is 13.8 Å². The fourth-order valence-electron chi connectivity index (χ4n) is 2.44. The van der Waals surface area contributed by atoms with Crippen molar-refractivity contribution in [2.75, 3.05) is 0 Å². The summed E-state index contributed by atoms with van der Waals surface area (Å²) in [4.78, 5) is 12.5. The summed E-state index contributed by atoms with van der Waals surface area (Å²) >= 11 is 0. The Bertz CT molecular complexity index is 221. The molecule has 1 heteroatoms. The summed E-state index contributed by atoms with van der Waals surface area (Å²) in [5.74, 6) is 0.482. The van der Waals surface area contributed by atoms with Crippen LogP contribution in [0.5, 0.6) is 0 Å². The van der Waals surface area contributed by atoms with Crippen LogP contribution >= 0.6 is 0 Å². The third kappa shape index (κ3) is 2.43. The van der Waals surface area contributed by atoms with Gasteiger partial charge in [0, 0.05) is 11.3 Å². The van der Waals surface area contributed by atoms with Crippen LogP contribution < -0.4 is 0 Å². The molecular formula is C14H28O. The number of Topliss-reactive ketones (excluding diaryl/α,β-unsaturated/α-hetero) is 1. The van der Waals surface area contributed by atoms with E-state index in [1.165, 1.54) is 0 Å². The SMILES string of the molecule is CC(C)C(=O)C(C)(C(C)(C)C)C(C)(C)C. The third-order valence-electron chi connectivity index (χ3n) is 4.02. The molecule has 0 atom stereocenters. The summed E-state index contributed by atoms with van der Waals surface area (Å²) in [6, 6.07) is 0. The highest BCUT2D eigenvalue weighted by Crippen LogP contribution is 2.52. The number of ketones is 1. The number of rotatable bonds is 2. The first-order valence-corrected chi connectivity index (χ1v) is 5.90. The first-order valence-electron chi connectivity index (χ1n) is 5.90. The molecule has 0 amide bonds. The van der Waals surface area contributed by atoms with Gasteiger partial charge in [0.1, 0.15) is 5.78 Å². The van der Waals surface area contributed by atoms with Crippen molar-refractivity contribution in [2.24, 2.45) is 22.2 Å². The molecule has 0 unspecified atom stereocenters. The lowest BCUT2D eigenvalue weighted by atomic mass is 9.52. The van der Waals surface area contributed by atoms with Crippen LogP contribution in [0.4, 0.5) is 0 Å². The molecular weight excluding hydrogens is 184 g/mol. The molecule has 0 aliphatic heterocycles. The molecule has 0 radical (unpaired) electrons. The van der Waals surface area contributed by atoms with Gasteiger partial charge in [0.25, 0.3) is 0 Å². The predicted octanol–water partition coefficient (Wildman–Crippen LogP) is 4.31. The van der Waals surface area contributed by atoms with Crippen LogP contribution in [0.25, 0.3) is 0 Å². The van der Waals surface area contributed by atoms with E-state index in [2.05, 4.69) is 48.5 Å². The van der Waals surface area contributed by atoms with Gasteiger partial charge in [-0.2, -0.15) is 0 Å². The molecule has 0 rings (SSSR count). The zero-order valence-electron chi connectivity index (χ0n) is 12.0. The molecule has 0 saturated carbocycles. The summed E-state index contributed by atoms with van der Waals surface area (Å²) in [7, 11) is 0. The first kappa shape index (κ1) is 14.7. The van der Waals surface area contributed by atoms with Gasteiger partial charge >= 0.3 is 0 Å². The van der Waals surface area contributed by atoms with Gasteiger partial charge in [0.05, 0.1) is 0 Å². The van der Waals surface area contributed by atoms with Gasteiger partial charge < -0.3 is 0 Å². The Balaban J connectivity index is 5.54. The average molecular weight is 212 g/mol. The maximum atomic E-state index is 12.5. The topological polar surface area (TPSA) is 17.1 Å². The first-order chi connectivity index (χ1) is 6.35. The van der Waals surface area contributed by atoms with E-state index in [4.69, 9.17) is 0 Å². The third-order valence-corrected chi connectivity index (χ3v) is 4.02. The van der Waals surface area contributed by atoms with Crippen molar-refractivity contribution < 1.29 is 4.79 Å². The molecule has 0 aliphatic carbocycles. The Hall–Kier alpha value is -0.330. The van der Waals surface area contributed by atoms with Crippen LogP contribution in [-0.4, -0.2) is 5.78 Å². The molecule has 0 aromatic rings. The standard InChI is InChI=1S/C14H28O/c1-10(2)11(15)14(9,12(3,4)5)13(6,7)8/h10H,1-9H3. The quantitative estimate of drug-likeness (QED) is 0.666. The Morgan fingerprint density at radius 3 is 1.13 bits per heavy atom. The van der Waals surface area contributed by atoms with Crippen molar-refractivity contribution in [3.63, 3.8) is 0 Å². The Morgan fingerprint density at radius 2 is 1.07 bits per heavy atom. The lowest BCUT2D eigenvalue weighted by Crippen LogP contribution is -2.51. The van der Waals surface area contributed by atoms with E-state index in [0.29, 0.717) is 5.78 Å². The van der Waals surface area contributed by atoms with E-state index in [1.54, 1.807) is 0 Å². The van der Waals surface area contributed by atoms with Crippen LogP contribution in [0.1, 0.15) is 62.3 Å². The van der Waals surface area contributed by atoms with Crippen molar-refractivity contribution >= 4 is 5.78 Å². The van der Waals surface area contributed by atoms with Crippen molar-refractivity contribution in [3.8, 4) is 0 Å². The highest BCUT2D eigenvalue weighted by Gasteiger charge is 2.52. The van der Waals surface area contributed by atoms with Gasteiger partial charge in [-0.25, -0.2) is 0 Å². The lowest BCUT2D eigenvalue weighted by molar-refractivity contribution is -0.147. The number of hydrogen-bond donors (Lipinski definition) is 0. The monoisotopic (exact) mass is 212 g/mol. The average Bonchev–Trinajstić information content (AvgIpc) is 1.96. The van der Waals surface area contributed by atoms with Gasteiger partial charge in [0.2, 0.25) is 0 Å². The molecule has 15 heavy (non-hydrogen) atoms. The zero-order valence-corrected chi connectivity index (χ0v) is 12.0. The highest BCUT2D eigenvalue weighted by molar-refractivity contribution is 5.87. The van der Waals surface area contributed by atoms with Gasteiger partial charge in [0.15, 0.2) is 0 Å². The lowest BCUT2D eigenvalue weighted by Gasteiger charge is -2.51. The predicted molar refractivity (Wildman–Crippen MR) is 66.9 cm³/mol. The second-order valence-corrected chi connectivity index (χ2v) is 7.14. The summed E-state index contributed by atoms with van der Waals surface area (Å²) in [5.41, 5.74) is -0.298. The van der Waals surface area contributed by atoms with Crippen LogP contribution in [0.15, 0.2) is 0 Å². The number of carbonyl (C=O) groups excluding carboxylic acids is 1. The minimum Gasteiger partial charge on any atom is -0.299 e. The van der Waals surface area contributed by atoms with Gasteiger partial charge in [-0.1, -0.05) is 62.3 Å². The molecule has 0 fully saturated rings. The van der Waals surface area contributed by atoms with E-state index in [9.17, 15) is 4.79 Å². The molecule has 0 N–H and O–H groups in total. The number of carbonyl (C=O) groups is 1. The minimum absolute atomic E-state index is 0.00734. The molecule has 0 aliphatic rings. The second-order valence-electron chi connectivity index (χ2n) is 7.14. The van der Waals surface area contributed by atoms with Crippen LogP contribution in [0.2, 0.25) is 0 Å². The summed E-state index contributed by atoms with van der Waals surface area (Å²) in [6.07, 6.45) is 0. The van der Waals surface area contributed by atoms with E-state index in [0.717, 1.165) is 0 Å². The van der Waals surface area contributed by atoms with Crippen molar-refractivity contribution in [1.82, 2.24) is 0 Å². The van der Waals surface area contributed by atoms with Crippen molar-refractivity contribution in [2.45, 2.75) is 62.3 Å². The molecule has 90 valence electrons. The van der Waals surface area contributed by atoms with Crippen LogP contribution in [-0.2, 0) is 4.79 Å².